The fraction of sp³-hybridized carbons (Fsp3) is 0.640. The van der Waals surface area contributed by atoms with Crippen molar-refractivity contribution in [3.63, 3.8) is 0 Å². The van der Waals surface area contributed by atoms with Crippen molar-refractivity contribution in [3.05, 3.63) is 29.3 Å². The molecule has 1 aromatic rings. The molecule has 7 atom stereocenters. The SMILES string of the molecule is CNC(=O)[C@H]1[C@@H]2SC3(CC2Br)C(C(=O)Nc2cc(C)ccc2C)N([C@@H](CO)CC(C)C)C(=O)[C@H]13. The van der Waals surface area contributed by atoms with Gasteiger partial charge in [-0.25, -0.2) is 0 Å². The lowest BCUT2D eigenvalue weighted by Gasteiger charge is -2.38. The molecular formula is C25H34BrN3O4S. The Morgan fingerprint density at radius 2 is 2.00 bits per heavy atom. The summed E-state index contributed by atoms with van der Waals surface area (Å²) in [6.45, 7) is 7.76. The molecule has 3 aliphatic heterocycles. The molecule has 34 heavy (non-hydrogen) atoms. The number of anilines is 1. The molecule has 0 saturated carbocycles. The van der Waals surface area contributed by atoms with Crippen molar-refractivity contribution in [1.82, 2.24) is 10.2 Å². The first kappa shape index (κ1) is 25.5. The minimum atomic E-state index is -0.773. The van der Waals surface area contributed by atoms with Crippen LogP contribution in [0.15, 0.2) is 18.2 Å². The number of halogens is 1. The fourth-order valence-electron chi connectivity index (χ4n) is 6.12. The van der Waals surface area contributed by atoms with Gasteiger partial charge in [-0.2, -0.15) is 0 Å². The topological polar surface area (TPSA) is 98.7 Å². The Bertz CT molecular complexity index is 1000. The lowest BCUT2D eigenvalue weighted by atomic mass is 9.70. The van der Waals surface area contributed by atoms with Gasteiger partial charge in [0.15, 0.2) is 0 Å². The molecular weight excluding hydrogens is 518 g/mol. The monoisotopic (exact) mass is 551 g/mol. The van der Waals surface area contributed by atoms with Crippen LogP contribution in [0.2, 0.25) is 0 Å². The largest absolute Gasteiger partial charge is 0.394 e. The molecule has 1 aromatic carbocycles. The molecule has 4 rings (SSSR count). The highest BCUT2D eigenvalue weighted by Crippen LogP contribution is 2.68. The molecule has 0 radical (unpaired) electrons. The van der Waals surface area contributed by atoms with Crippen LogP contribution in [-0.2, 0) is 14.4 Å². The summed E-state index contributed by atoms with van der Waals surface area (Å²) in [5, 5.41) is 16.1. The van der Waals surface area contributed by atoms with Gasteiger partial charge in [0.05, 0.1) is 29.2 Å². The number of nitrogens with zero attached hydrogens (tertiary/aromatic N) is 1. The number of alkyl halides is 1. The molecule has 3 saturated heterocycles. The van der Waals surface area contributed by atoms with Crippen LogP contribution in [0.1, 0.15) is 37.8 Å². The third-order valence-corrected chi connectivity index (χ3v) is 10.7. The van der Waals surface area contributed by atoms with E-state index in [0.29, 0.717) is 12.8 Å². The van der Waals surface area contributed by atoms with E-state index in [0.717, 1.165) is 16.8 Å². The summed E-state index contributed by atoms with van der Waals surface area (Å²) in [4.78, 5) is 42.6. The first-order valence-corrected chi connectivity index (χ1v) is 13.7. The highest BCUT2D eigenvalue weighted by Gasteiger charge is 2.76. The predicted molar refractivity (Wildman–Crippen MR) is 138 cm³/mol. The number of likely N-dealkylation sites (tertiary alicyclic amines) is 1. The van der Waals surface area contributed by atoms with Gasteiger partial charge in [0.1, 0.15) is 6.04 Å². The number of carbonyl (C=O) groups excluding carboxylic acids is 3. The summed E-state index contributed by atoms with van der Waals surface area (Å²) in [6.07, 6.45) is 1.20. The summed E-state index contributed by atoms with van der Waals surface area (Å²) < 4.78 is -0.723. The van der Waals surface area contributed by atoms with Crippen molar-refractivity contribution in [2.24, 2.45) is 17.8 Å². The van der Waals surface area contributed by atoms with Gasteiger partial charge in [0.2, 0.25) is 17.7 Å². The van der Waals surface area contributed by atoms with Crippen molar-refractivity contribution in [3.8, 4) is 0 Å². The first-order chi connectivity index (χ1) is 16.0. The summed E-state index contributed by atoms with van der Waals surface area (Å²) in [6, 6.07) is 4.63. The molecule has 7 nitrogen and oxygen atoms in total. The van der Waals surface area contributed by atoms with E-state index in [1.54, 1.807) is 23.7 Å². The molecule has 1 spiro atoms. The van der Waals surface area contributed by atoms with Gasteiger partial charge in [-0.1, -0.05) is 41.9 Å². The number of carbonyl (C=O) groups is 3. The van der Waals surface area contributed by atoms with E-state index in [1.807, 2.05) is 45.9 Å². The molecule has 186 valence electrons. The highest BCUT2D eigenvalue weighted by atomic mass is 79.9. The van der Waals surface area contributed by atoms with Crippen molar-refractivity contribution < 1.29 is 19.5 Å². The van der Waals surface area contributed by atoms with Crippen molar-refractivity contribution >= 4 is 51.1 Å². The second kappa shape index (κ2) is 9.47. The number of benzene rings is 1. The van der Waals surface area contributed by atoms with Gasteiger partial charge in [0.25, 0.3) is 0 Å². The van der Waals surface area contributed by atoms with Crippen LogP contribution < -0.4 is 10.6 Å². The Morgan fingerprint density at radius 3 is 2.62 bits per heavy atom. The molecule has 9 heteroatoms. The number of hydrogen-bond donors (Lipinski definition) is 3. The number of rotatable bonds is 7. The highest BCUT2D eigenvalue weighted by molar-refractivity contribution is 9.09. The van der Waals surface area contributed by atoms with E-state index in [1.165, 1.54) is 0 Å². The van der Waals surface area contributed by atoms with E-state index >= 15 is 0 Å². The molecule has 0 aliphatic carbocycles. The minimum Gasteiger partial charge on any atom is -0.394 e. The standard InChI is InChI=1S/C25H34BrN3O4S/c1-12(2)8-15(11-30)29-21(23(32)28-17-9-13(3)6-7-14(17)4)25-10-16(26)20(34-25)18(22(31)27-5)19(25)24(29)33/h6-7,9,12,15-16,18-21,30H,8,10-11H2,1-5H3,(H,27,31)(H,28,32)/t15-,16?,18-,19+,20-,21?,25?/m1/s1. The minimum absolute atomic E-state index is 0.0254. The molecule has 0 aromatic heterocycles. The van der Waals surface area contributed by atoms with Crippen LogP contribution in [0.25, 0.3) is 0 Å². The summed E-state index contributed by atoms with van der Waals surface area (Å²) in [5.41, 5.74) is 2.69. The number of nitrogens with one attached hydrogen (secondary N) is 2. The van der Waals surface area contributed by atoms with E-state index in [2.05, 4.69) is 26.6 Å². The average molecular weight is 553 g/mol. The van der Waals surface area contributed by atoms with E-state index in [-0.39, 0.29) is 40.3 Å². The number of aryl methyl sites for hydroxylation is 2. The lowest BCUT2D eigenvalue weighted by Crippen LogP contribution is -2.55. The van der Waals surface area contributed by atoms with E-state index < -0.39 is 28.7 Å². The van der Waals surface area contributed by atoms with Crippen molar-refractivity contribution in [1.29, 1.82) is 0 Å². The molecule has 3 heterocycles. The van der Waals surface area contributed by atoms with Gasteiger partial charge >= 0.3 is 0 Å². The van der Waals surface area contributed by atoms with Crippen LogP contribution in [0.5, 0.6) is 0 Å². The van der Waals surface area contributed by atoms with Gasteiger partial charge in [0, 0.05) is 22.8 Å². The third kappa shape index (κ3) is 3.97. The Morgan fingerprint density at radius 1 is 1.29 bits per heavy atom. The number of thioether (sulfide) groups is 1. The van der Waals surface area contributed by atoms with Crippen LogP contribution in [0.3, 0.4) is 0 Å². The Hall–Kier alpha value is -1.58. The average Bonchev–Trinajstić information content (AvgIpc) is 3.37. The maximum Gasteiger partial charge on any atom is 0.248 e. The van der Waals surface area contributed by atoms with Gasteiger partial charge < -0.3 is 20.6 Å². The van der Waals surface area contributed by atoms with Crippen molar-refractivity contribution in [2.75, 3.05) is 19.0 Å². The number of amides is 3. The van der Waals surface area contributed by atoms with Gasteiger partial charge in [-0.3, -0.25) is 14.4 Å². The molecule has 3 unspecified atom stereocenters. The normalized spacial score (nSPS) is 32.8. The number of hydrogen-bond acceptors (Lipinski definition) is 5. The third-order valence-electron chi connectivity index (χ3n) is 7.52. The lowest BCUT2D eigenvalue weighted by molar-refractivity contribution is -0.142. The fourth-order valence-corrected chi connectivity index (χ4v) is 9.72. The Kier molecular flexibility index (Phi) is 7.10. The van der Waals surface area contributed by atoms with E-state index in [4.69, 9.17) is 0 Å². The summed E-state index contributed by atoms with van der Waals surface area (Å²) >= 11 is 5.36. The van der Waals surface area contributed by atoms with Crippen molar-refractivity contribution in [2.45, 2.75) is 67.4 Å². The number of fused-ring (bicyclic) bond motifs is 1. The first-order valence-electron chi connectivity index (χ1n) is 11.9. The predicted octanol–water partition coefficient (Wildman–Crippen LogP) is 2.86. The summed E-state index contributed by atoms with van der Waals surface area (Å²) in [7, 11) is 1.59. The zero-order chi connectivity index (χ0) is 24.9. The molecule has 3 N–H and O–H groups in total. The van der Waals surface area contributed by atoms with Gasteiger partial charge in [-0.05, 0) is 49.8 Å². The maximum absolute atomic E-state index is 14.0. The maximum atomic E-state index is 14.0. The molecule has 2 bridgehead atoms. The van der Waals surface area contributed by atoms with Crippen LogP contribution in [0.4, 0.5) is 5.69 Å². The zero-order valence-corrected chi connectivity index (χ0v) is 22.7. The smallest absolute Gasteiger partial charge is 0.248 e. The quantitative estimate of drug-likeness (QED) is 0.452. The number of aliphatic hydroxyl groups excluding tert-OH is 1. The van der Waals surface area contributed by atoms with Gasteiger partial charge in [-0.15, -0.1) is 11.8 Å². The number of aliphatic hydroxyl groups is 1. The summed E-state index contributed by atoms with van der Waals surface area (Å²) in [5.74, 6) is -1.48. The van der Waals surface area contributed by atoms with Crippen LogP contribution in [0, 0.1) is 31.6 Å². The Labute approximate surface area is 213 Å². The molecule has 3 amide bonds. The second-order valence-corrected chi connectivity index (χ2v) is 13.0. The molecule has 3 fully saturated rings. The van der Waals surface area contributed by atoms with Crippen LogP contribution >= 0.6 is 27.7 Å². The molecule has 3 aliphatic rings. The zero-order valence-electron chi connectivity index (χ0n) is 20.3. The van der Waals surface area contributed by atoms with Crippen LogP contribution in [-0.4, -0.2) is 68.3 Å². The van der Waals surface area contributed by atoms with E-state index in [9.17, 15) is 19.5 Å². The second-order valence-electron chi connectivity index (χ2n) is 10.3. The Balaban J connectivity index is 1.80.